The second-order valence-electron chi connectivity index (χ2n) is 7.46. The van der Waals surface area contributed by atoms with Crippen LogP contribution in [0.2, 0.25) is 0 Å². The van der Waals surface area contributed by atoms with E-state index in [1.807, 2.05) is 6.92 Å². The summed E-state index contributed by atoms with van der Waals surface area (Å²) in [6.45, 7) is 8.88. The van der Waals surface area contributed by atoms with Crippen molar-refractivity contribution in [2.24, 2.45) is 5.41 Å². The lowest BCUT2D eigenvalue weighted by molar-refractivity contribution is 0.0658. The molecule has 3 heteroatoms. The smallest absolute Gasteiger partial charge is 0.188 e. The molecular weight excluding hydrogens is 312 g/mol. The Morgan fingerprint density at radius 3 is 2.56 bits per heavy atom. The molecule has 0 saturated carbocycles. The molecule has 1 unspecified atom stereocenters. The normalized spacial score (nSPS) is 18.4. The molecule has 0 saturated heterocycles. The Morgan fingerprint density at radius 1 is 1.28 bits per heavy atom. The Kier molecular flexibility index (Phi) is 6.60. The number of allylic oxidation sites excluding steroid dienone is 3. The fourth-order valence-electron chi connectivity index (χ4n) is 3.37. The van der Waals surface area contributed by atoms with Crippen LogP contribution in [0.25, 0.3) is 0 Å². The molecule has 3 nitrogen and oxygen atoms in total. The summed E-state index contributed by atoms with van der Waals surface area (Å²) in [4.78, 5) is 12.2. The number of carbonyl (C=O) groups is 1. The molecular formula is C22H30O3. The van der Waals surface area contributed by atoms with E-state index in [-0.39, 0.29) is 23.9 Å². The minimum atomic E-state index is -0.0970. The molecule has 2 rings (SSSR count). The molecule has 0 spiro atoms. The van der Waals surface area contributed by atoms with Crippen LogP contribution < -0.4 is 4.74 Å². The third kappa shape index (κ3) is 5.30. The second kappa shape index (κ2) is 8.48. The van der Waals surface area contributed by atoms with Crippen molar-refractivity contribution < 1.29 is 14.3 Å². The van der Waals surface area contributed by atoms with Gasteiger partial charge in [-0.25, -0.2) is 0 Å². The van der Waals surface area contributed by atoms with Gasteiger partial charge < -0.3 is 9.47 Å². The number of hydrogen-bond acceptors (Lipinski definition) is 3. The second-order valence-corrected chi connectivity index (χ2v) is 7.46. The molecule has 1 atom stereocenters. The fraction of sp³-hybridized carbons (Fsp3) is 0.500. The highest BCUT2D eigenvalue weighted by Gasteiger charge is 2.26. The van der Waals surface area contributed by atoms with Gasteiger partial charge in [0.1, 0.15) is 12.4 Å². The van der Waals surface area contributed by atoms with Crippen LogP contribution in [0.3, 0.4) is 0 Å². The first kappa shape index (κ1) is 19.5. The van der Waals surface area contributed by atoms with E-state index in [0.29, 0.717) is 5.56 Å². The minimum Gasteiger partial charge on any atom is -0.497 e. The third-order valence-corrected chi connectivity index (χ3v) is 4.97. The number of carbonyl (C=O) groups excluding carboxylic acids is 1. The van der Waals surface area contributed by atoms with Gasteiger partial charge in [0.05, 0.1) is 13.2 Å². The number of rotatable bonds is 7. The Hall–Kier alpha value is -1.87. The minimum absolute atomic E-state index is 0.0173. The van der Waals surface area contributed by atoms with Crippen LogP contribution >= 0.6 is 0 Å². The summed E-state index contributed by atoms with van der Waals surface area (Å²) in [5.74, 6) is 0.726. The van der Waals surface area contributed by atoms with Crippen molar-refractivity contribution >= 4 is 5.78 Å². The highest BCUT2D eigenvalue weighted by Crippen LogP contribution is 2.40. The molecule has 1 aliphatic carbocycles. The average Bonchev–Trinajstić information content (AvgIpc) is 2.58. The van der Waals surface area contributed by atoms with Crippen molar-refractivity contribution in [3.05, 3.63) is 53.1 Å². The summed E-state index contributed by atoms with van der Waals surface area (Å²) in [7, 11) is 1.61. The standard InChI is InChI=1S/C22H30O3/c1-16-7-6-14-22(3,4)20(16)13-8-17(2)25-15-21(23)18-9-11-19(24-5)12-10-18/h8-13,17H,6-7,14-15H2,1-5H3/b13-8+. The number of benzene rings is 1. The fourth-order valence-corrected chi connectivity index (χ4v) is 3.37. The molecule has 1 aromatic rings. The average molecular weight is 342 g/mol. The van der Waals surface area contributed by atoms with Gasteiger partial charge in [-0.2, -0.15) is 0 Å². The van der Waals surface area contributed by atoms with E-state index in [0.717, 1.165) is 5.75 Å². The topological polar surface area (TPSA) is 35.5 Å². The van der Waals surface area contributed by atoms with Crippen molar-refractivity contribution in [2.45, 2.75) is 53.1 Å². The van der Waals surface area contributed by atoms with Crippen LogP contribution in [-0.4, -0.2) is 25.6 Å². The summed E-state index contributed by atoms with van der Waals surface area (Å²) in [6, 6.07) is 7.11. The quantitative estimate of drug-likeness (QED) is 0.625. The molecule has 0 fully saturated rings. The molecule has 1 aromatic carbocycles. The van der Waals surface area contributed by atoms with Crippen molar-refractivity contribution in [1.82, 2.24) is 0 Å². The molecule has 25 heavy (non-hydrogen) atoms. The summed E-state index contributed by atoms with van der Waals surface area (Å²) in [5, 5.41) is 0. The zero-order chi connectivity index (χ0) is 18.4. The maximum absolute atomic E-state index is 12.2. The first-order valence-electron chi connectivity index (χ1n) is 9.01. The van der Waals surface area contributed by atoms with E-state index in [4.69, 9.17) is 9.47 Å². The van der Waals surface area contributed by atoms with E-state index >= 15 is 0 Å². The summed E-state index contributed by atoms with van der Waals surface area (Å²) in [6.07, 6.45) is 7.81. The number of methoxy groups -OCH3 is 1. The first-order chi connectivity index (χ1) is 11.8. The lowest BCUT2D eigenvalue weighted by Gasteiger charge is -2.33. The first-order valence-corrected chi connectivity index (χ1v) is 9.01. The molecule has 0 radical (unpaired) electrons. The van der Waals surface area contributed by atoms with E-state index in [1.54, 1.807) is 31.4 Å². The zero-order valence-electron chi connectivity index (χ0n) is 16.1. The maximum Gasteiger partial charge on any atom is 0.188 e. The van der Waals surface area contributed by atoms with E-state index in [2.05, 4.69) is 32.9 Å². The molecule has 0 bridgehead atoms. The van der Waals surface area contributed by atoms with E-state index in [1.165, 1.54) is 30.4 Å². The molecule has 0 aliphatic heterocycles. The molecule has 0 aromatic heterocycles. The van der Waals surface area contributed by atoms with Crippen molar-refractivity contribution in [1.29, 1.82) is 0 Å². The van der Waals surface area contributed by atoms with Gasteiger partial charge in [0.25, 0.3) is 0 Å². The van der Waals surface area contributed by atoms with Crippen LogP contribution in [0.5, 0.6) is 5.75 Å². The maximum atomic E-state index is 12.2. The van der Waals surface area contributed by atoms with Gasteiger partial charge in [-0.3, -0.25) is 4.79 Å². The summed E-state index contributed by atoms with van der Waals surface area (Å²) in [5.41, 5.74) is 3.74. The highest BCUT2D eigenvalue weighted by molar-refractivity contribution is 5.97. The predicted molar refractivity (Wildman–Crippen MR) is 102 cm³/mol. The molecule has 0 N–H and O–H groups in total. The number of Topliss-reactive ketones (excluding diaryl/α,β-unsaturated/α-hetero) is 1. The predicted octanol–water partition coefficient (Wildman–Crippen LogP) is 5.37. The third-order valence-electron chi connectivity index (χ3n) is 4.97. The van der Waals surface area contributed by atoms with Crippen molar-refractivity contribution in [2.75, 3.05) is 13.7 Å². The van der Waals surface area contributed by atoms with Crippen LogP contribution in [0.4, 0.5) is 0 Å². The van der Waals surface area contributed by atoms with Gasteiger partial charge in [-0.05, 0) is 68.4 Å². The Bertz CT molecular complexity index is 650. The van der Waals surface area contributed by atoms with Crippen LogP contribution in [-0.2, 0) is 4.74 Å². The van der Waals surface area contributed by atoms with Crippen molar-refractivity contribution in [3.8, 4) is 5.75 Å². The Labute approximate surface area is 151 Å². The molecule has 0 amide bonds. The van der Waals surface area contributed by atoms with Crippen LogP contribution in [0.15, 0.2) is 47.6 Å². The highest BCUT2D eigenvalue weighted by atomic mass is 16.5. The van der Waals surface area contributed by atoms with Gasteiger partial charge in [0.2, 0.25) is 0 Å². The molecule has 136 valence electrons. The Balaban J connectivity index is 1.91. The summed E-state index contributed by atoms with van der Waals surface area (Å²) < 4.78 is 10.8. The van der Waals surface area contributed by atoms with Gasteiger partial charge in [-0.15, -0.1) is 0 Å². The lowest BCUT2D eigenvalue weighted by atomic mass is 9.72. The van der Waals surface area contributed by atoms with Gasteiger partial charge in [0.15, 0.2) is 5.78 Å². The van der Waals surface area contributed by atoms with Crippen LogP contribution in [0, 0.1) is 5.41 Å². The van der Waals surface area contributed by atoms with Crippen LogP contribution in [0.1, 0.15) is 57.3 Å². The largest absolute Gasteiger partial charge is 0.497 e. The lowest BCUT2D eigenvalue weighted by Crippen LogP contribution is -2.20. The number of ketones is 1. The summed E-state index contributed by atoms with van der Waals surface area (Å²) >= 11 is 0. The van der Waals surface area contributed by atoms with Gasteiger partial charge in [0, 0.05) is 5.56 Å². The number of hydrogen-bond donors (Lipinski definition) is 0. The van der Waals surface area contributed by atoms with E-state index < -0.39 is 0 Å². The van der Waals surface area contributed by atoms with Crippen molar-refractivity contribution in [3.63, 3.8) is 0 Å². The zero-order valence-corrected chi connectivity index (χ0v) is 16.1. The molecule has 0 heterocycles. The SMILES string of the molecule is COc1ccc(C(=O)COC(C)/C=C/C2=C(C)CCCC2(C)C)cc1. The van der Waals surface area contributed by atoms with Gasteiger partial charge in [-0.1, -0.05) is 31.6 Å². The van der Waals surface area contributed by atoms with E-state index in [9.17, 15) is 4.79 Å². The number of ether oxygens (including phenoxy) is 2. The monoisotopic (exact) mass is 342 g/mol. The molecule has 1 aliphatic rings. The Morgan fingerprint density at radius 2 is 1.96 bits per heavy atom. The van der Waals surface area contributed by atoms with Gasteiger partial charge >= 0.3 is 0 Å².